The minimum atomic E-state index is 0.665. The highest BCUT2D eigenvalue weighted by Crippen LogP contribution is 2.34. The maximum absolute atomic E-state index is 4.92. The molecule has 162 valence electrons. The van der Waals surface area contributed by atoms with E-state index in [2.05, 4.69) is 57.7 Å². The molecule has 0 atom stereocenters. The van der Waals surface area contributed by atoms with Gasteiger partial charge in [0.05, 0.1) is 0 Å². The summed E-state index contributed by atoms with van der Waals surface area (Å²) in [6.45, 7) is 0.820. The second-order valence-corrected chi connectivity index (χ2v) is 8.64. The summed E-state index contributed by atoms with van der Waals surface area (Å²) in [6.07, 6.45) is 7.39. The molecule has 0 aliphatic heterocycles. The highest BCUT2D eigenvalue weighted by atomic mass is 32.2. The smallest absolute Gasteiger partial charge is 0.162 e. The Labute approximate surface area is 197 Å². The van der Waals surface area contributed by atoms with Gasteiger partial charge in [-0.25, -0.2) is 15.0 Å². The molecule has 3 aromatic heterocycles. The predicted molar refractivity (Wildman–Crippen MR) is 134 cm³/mol. The van der Waals surface area contributed by atoms with Crippen LogP contribution < -0.4 is 5.32 Å². The number of hydrogen-bond donors (Lipinski definition) is 1. The number of pyridine rings is 2. The highest BCUT2D eigenvalue weighted by molar-refractivity contribution is 7.99. The molecule has 0 saturated heterocycles. The lowest BCUT2D eigenvalue weighted by Crippen LogP contribution is -2.07. The molecule has 33 heavy (non-hydrogen) atoms. The van der Waals surface area contributed by atoms with E-state index in [0.717, 1.165) is 51.6 Å². The molecule has 0 spiro atoms. The highest BCUT2D eigenvalue weighted by Gasteiger charge is 2.14. The molecule has 0 amide bonds. The lowest BCUT2D eigenvalue weighted by atomic mass is 10.1. The standard InChI is InChI=1S/C27H23N5S/c1-3-8-20(9-4-1)10-7-16-29-26-23-15-19-30-27(33-22-11-5-2-6-12-22)24(23)31-25(32-26)21-13-17-28-18-14-21/h1-6,8-9,11-15,17-19H,7,10,16H2,(H,29,31,32). The molecular formula is C27H23N5S. The Hall–Kier alpha value is -3.77. The number of anilines is 1. The van der Waals surface area contributed by atoms with E-state index >= 15 is 0 Å². The summed E-state index contributed by atoms with van der Waals surface area (Å²) >= 11 is 1.61. The normalized spacial score (nSPS) is 10.9. The third-order valence-electron chi connectivity index (χ3n) is 5.25. The molecule has 0 saturated carbocycles. The Morgan fingerprint density at radius 1 is 0.758 bits per heavy atom. The van der Waals surface area contributed by atoms with Crippen LogP contribution in [0.2, 0.25) is 0 Å². The lowest BCUT2D eigenvalue weighted by molar-refractivity contribution is 0.859. The molecule has 5 aromatic rings. The van der Waals surface area contributed by atoms with Crippen LogP contribution in [0.1, 0.15) is 12.0 Å². The number of nitrogens with zero attached hydrogens (tertiary/aromatic N) is 4. The molecule has 5 rings (SSSR count). The maximum Gasteiger partial charge on any atom is 0.162 e. The van der Waals surface area contributed by atoms with Gasteiger partial charge >= 0.3 is 0 Å². The number of rotatable bonds is 8. The molecule has 0 radical (unpaired) electrons. The lowest BCUT2D eigenvalue weighted by Gasteiger charge is -2.13. The molecule has 6 heteroatoms. The Bertz CT molecular complexity index is 1330. The van der Waals surface area contributed by atoms with Crippen molar-refractivity contribution in [1.82, 2.24) is 19.9 Å². The van der Waals surface area contributed by atoms with Crippen LogP contribution in [0.25, 0.3) is 22.3 Å². The van der Waals surface area contributed by atoms with Crippen LogP contribution in [-0.2, 0) is 6.42 Å². The first-order chi connectivity index (χ1) is 16.4. The summed E-state index contributed by atoms with van der Waals surface area (Å²) in [5, 5.41) is 5.39. The van der Waals surface area contributed by atoms with Gasteiger partial charge in [-0.1, -0.05) is 60.3 Å². The van der Waals surface area contributed by atoms with Crippen molar-refractivity contribution in [3.63, 3.8) is 0 Å². The molecule has 1 N–H and O–H groups in total. The molecule has 0 fully saturated rings. The fourth-order valence-corrected chi connectivity index (χ4v) is 4.50. The van der Waals surface area contributed by atoms with E-state index < -0.39 is 0 Å². The number of fused-ring (bicyclic) bond motifs is 1. The van der Waals surface area contributed by atoms with Gasteiger partial charge in [-0.05, 0) is 48.7 Å². The fourth-order valence-electron chi connectivity index (χ4n) is 3.61. The van der Waals surface area contributed by atoms with Crippen molar-refractivity contribution >= 4 is 28.5 Å². The van der Waals surface area contributed by atoms with E-state index in [-0.39, 0.29) is 0 Å². The SMILES string of the molecule is c1ccc(CCCNc2nc(-c3ccncc3)nc3c(Sc4ccccc4)nccc23)cc1. The molecule has 0 aliphatic carbocycles. The molecule has 2 aromatic carbocycles. The molecule has 0 unspecified atom stereocenters. The van der Waals surface area contributed by atoms with Crippen LogP contribution in [0.4, 0.5) is 5.82 Å². The summed E-state index contributed by atoms with van der Waals surface area (Å²) < 4.78 is 0. The van der Waals surface area contributed by atoms with Gasteiger partial charge in [-0.3, -0.25) is 4.98 Å². The fraction of sp³-hybridized carbons (Fsp3) is 0.111. The Balaban J connectivity index is 1.47. The molecule has 0 aliphatic rings. The first-order valence-electron chi connectivity index (χ1n) is 10.9. The molecule has 0 bridgehead atoms. The second kappa shape index (κ2) is 10.2. The van der Waals surface area contributed by atoms with E-state index in [1.165, 1.54) is 5.56 Å². The third kappa shape index (κ3) is 5.18. The van der Waals surface area contributed by atoms with E-state index in [4.69, 9.17) is 9.97 Å². The minimum Gasteiger partial charge on any atom is -0.369 e. The van der Waals surface area contributed by atoms with E-state index in [1.54, 1.807) is 24.2 Å². The Morgan fingerprint density at radius 3 is 2.30 bits per heavy atom. The molecule has 5 nitrogen and oxygen atoms in total. The van der Waals surface area contributed by atoms with Gasteiger partial charge in [0.1, 0.15) is 16.4 Å². The van der Waals surface area contributed by atoms with E-state index in [1.807, 2.05) is 42.6 Å². The first kappa shape index (κ1) is 21.1. The van der Waals surface area contributed by atoms with Crippen LogP contribution >= 0.6 is 11.8 Å². The van der Waals surface area contributed by atoms with Crippen LogP contribution in [0, 0.1) is 0 Å². The summed E-state index contributed by atoms with van der Waals surface area (Å²) in [5.74, 6) is 1.50. The van der Waals surface area contributed by atoms with Crippen molar-refractivity contribution in [2.45, 2.75) is 22.8 Å². The summed E-state index contributed by atoms with van der Waals surface area (Å²) in [4.78, 5) is 19.7. The predicted octanol–water partition coefficient (Wildman–Crippen LogP) is 6.28. The van der Waals surface area contributed by atoms with Gasteiger partial charge in [0.2, 0.25) is 0 Å². The van der Waals surface area contributed by atoms with Gasteiger partial charge in [0.15, 0.2) is 5.82 Å². The van der Waals surface area contributed by atoms with Crippen molar-refractivity contribution in [3.8, 4) is 11.4 Å². The van der Waals surface area contributed by atoms with Crippen molar-refractivity contribution in [2.75, 3.05) is 11.9 Å². The zero-order valence-corrected chi connectivity index (χ0v) is 18.9. The summed E-state index contributed by atoms with van der Waals surface area (Å²) in [6, 6.07) is 26.6. The Morgan fingerprint density at radius 2 is 1.52 bits per heavy atom. The largest absolute Gasteiger partial charge is 0.369 e. The average Bonchev–Trinajstić information content (AvgIpc) is 2.88. The van der Waals surface area contributed by atoms with Crippen LogP contribution in [0.3, 0.4) is 0 Å². The van der Waals surface area contributed by atoms with Gasteiger partial charge in [-0.15, -0.1) is 0 Å². The number of aromatic nitrogens is 4. The third-order valence-corrected chi connectivity index (χ3v) is 6.25. The van der Waals surface area contributed by atoms with Crippen molar-refractivity contribution in [2.24, 2.45) is 0 Å². The maximum atomic E-state index is 4.92. The van der Waals surface area contributed by atoms with Gasteiger partial charge in [0.25, 0.3) is 0 Å². The summed E-state index contributed by atoms with van der Waals surface area (Å²) in [7, 11) is 0. The number of nitrogens with one attached hydrogen (secondary N) is 1. The first-order valence-corrected chi connectivity index (χ1v) is 11.8. The number of hydrogen-bond acceptors (Lipinski definition) is 6. The number of aryl methyl sites for hydroxylation is 1. The topological polar surface area (TPSA) is 63.6 Å². The van der Waals surface area contributed by atoms with Gasteiger partial charge in [-0.2, -0.15) is 0 Å². The van der Waals surface area contributed by atoms with Crippen molar-refractivity contribution in [1.29, 1.82) is 0 Å². The van der Waals surface area contributed by atoms with Gasteiger partial charge in [0, 0.05) is 41.0 Å². The average molecular weight is 450 g/mol. The zero-order valence-electron chi connectivity index (χ0n) is 18.1. The van der Waals surface area contributed by atoms with E-state index in [9.17, 15) is 0 Å². The Kier molecular flexibility index (Phi) is 6.54. The van der Waals surface area contributed by atoms with Gasteiger partial charge < -0.3 is 5.32 Å². The quantitative estimate of drug-likeness (QED) is 0.281. The van der Waals surface area contributed by atoms with Crippen LogP contribution in [0.15, 0.2) is 107 Å². The molecular weight excluding hydrogens is 426 g/mol. The van der Waals surface area contributed by atoms with E-state index in [0.29, 0.717) is 5.82 Å². The zero-order chi connectivity index (χ0) is 22.3. The van der Waals surface area contributed by atoms with Crippen LogP contribution in [0.5, 0.6) is 0 Å². The van der Waals surface area contributed by atoms with Crippen molar-refractivity contribution in [3.05, 3.63) is 103 Å². The van der Waals surface area contributed by atoms with Crippen molar-refractivity contribution < 1.29 is 0 Å². The molecule has 3 heterocycles. The van der Waals surface area contributed by atoms with Crippen LogP contribution in [-0.4, -0.2) is 26.5 Å². The minimum absolute atomic E-state index is 0.665. The summed E-state index contributed by atoms with van der Waals surface area (Å²) in [5.41, 5.74) is 3.12. The monoisotopic (exact) mass is 449 g/mol. The second-order valence-electron chi connectivity index (χ2n) is 7.58. The number of benzene rings is 2.